The van der Waals surface area contributed by atoms with E-state index in [0.717, 1.165) is 32.8 Å². The number of hydrogen-bond donors (Lipinski definition) is 1. The highest BCUT2D eigenvalue weighted by Crippen LogP contribution is 2.09. The van der Waals surface area contributed by atoms with Crippen LogP contribution in [0.3, 0.4) is 0 Å². The number of carbonyl (C=O) groups is 2. The number of ether oxygens (including phenoxy) is 1. The number of furan rings is 1. The first-order chi connectivity index (χ1) is 13.7. The van der Waals surface area contributed by atoms with Crippen molar-refractivity contribution < 1.29 is 18.7 Å². The van der Waals surface area contributed by atoms with E-state index in [-0.39, 0.29) is 37.0 Å². The molecule has 0 radical (unpaired) electrons. The minimum atomic E-state index is -0.286. The molecule has 1 fully saturated rings. The third-order valence-corrected chi connectivity index (χ3v) is 4.46. The molecule has 0 atom stereocenters. The third kappa shape index (κ3) is 6.14. The zero-order valence-electron chi connectivity index (χ0n) is 15.7. The smallest absolute Gasteiger partial charge is 0.274 e. The van der Waals surface area contributed by atoms with Gasteiger partial charge in [0.15, 0.2) is 0 Å². The molecule has 0 aromatic carbocycles. The monoisotopic (exact) mass is 387 g/mol. The zero-order chi connectivity index (χ0) is 19.6. The SMILES string of the molecule is O=C(CCN(Cc1ccco1)C(=O)c1cnccn1)NCCN1CCOCC1. The molecule has 28 heavy (non-hydrogen) atoms. The molecule has 3 rings (SSSR count). The van der Waals surface area contributed by atoms with Crippen LogP contribution < -0.4 is 5.32 Å². The lowest BCUT2D eigenvalue weighted by atomic mass is 10.3. The molecule has 1 saturated heterocycles. The molecule has 2 aromatic heterocycles. The van der Waals surface area contributed by atoms with Gasteiger partial charge in [-0.05, 0) is 12.1 Å². The normalized spacial score (nSPS) is 14.6. The first-order valence-corrected chi connectivity index (χ1v) is 9.37. The van der Waals surface area contributed by atoms with Gasteiger partial charge in [0.2, 0.25) is 5.91 Å². The largest absolute Gasteiger partial charge is 0.467 e. The Bertz CT molecular complexity index is 732. The van der Waals surface area contributed by atoms with Crippen LogP contribution in [0.25, 0.3) is 0 Å². The summed E-state index contributed by atoms with van der Waals surface area (Å²) in [4.78, 5) is 36.7. The minimum absolute atomic E-state index is 0.0929. The highest BCUT2D eigenvalue weighted by Gasteiger charge is 2.20. The van der Waals surface area contributed by atoms with Crippen molar-refractivity contribution in [1.82, 2.24) is 25.1 Å². The van der Waals surface area contributed by atoms with Crippen LogP contribution in [-0.4, -0.2) is 77.5 Å². The second-order valence-electron chi connectivity index (χ2n) is 6.45. The molecule has 9 nitrogen and oxygen atoms in total. The summed E-state index contributed by atoms with van der Waals surface area (Å²) in [5.74, 6) is 0.264. The second kappa shape index (κ2) is 10.5. The fraction of sp³-hybridized carbons (Fsp3) is 0.474. The summed E-state index contributed by atoms with van der Waals surface area (Å²) >= 11 is 0. The van der Waals surface area contributed by atoms with E-state index in [2.05, 4.69) is 20.2 Å². The van der Waals surface area contributed by atoms with E-state index in [4.69, 9.17) is 9.15 Å². The number of nitrogens with zero attached hydrogens (tertiary/aromatic N) is 4. The van der Waals surface area contributed by atoms with Crippen LogP contribution in [0.4, 0.5) is 0 Å². The molecule has 1 aliphatic heterocycles. The van der Waals surface area contributed by atoms with E-state index in [1.807, 2.05) is 0 Å². The average Bonchev–Trinajstić information content (AvgIpc) is 3.25. The molecular weight excluding hydrogens is 362 g/mol. The number of aromatic nitrogens is 2. The Hall–Kier alpha value is -2.78. The molecule has 3 heterocycles. The summed E-state index contributed by atoms with van der Waals surface area (Å²) in [6, 6.07) is 3.55. The van der Waals surface area contributed by atoms with E-state index in [1.54, 1.807) is 23.3 Å². The van der Waals surface area contributed by atoms with Crippen LogP contribution in [0.5, 0.6) is 0 Å². The van der Waals surface area contributed by atoms with Gasteiger partial charge in [-0.25, -0.2) is 4.98 Å². The van der Waals surface area contributed by atoms with Gasteiger partial charge in [-0.2, -0.15) is 0 Å². The minimum Gasteiger partial charge on any atom is -0.467 e. The number of hydrogen-bond acceptors (Lipinski definition) is 7. The summed E-state index contributed by atoms with van der Waals surface area (Å²) in [7, 11) is 0. The Morgan fingerprint density at radius 1 is 1.25 bits per heavy atom. The molecule has 150 valence electrons. The van der Waals surface area contributed by atoms with Crippen molar-refractivity contribution in [2.45, 2.75) is 13.0 Å². The number of rotatable bonds is 9. The quantitative estimate of drug-likeness (QED) is 0.671. The van der Waals surface area contributed by atoms with E-state index >= 15 is 0 Å². The molecule has 2 aromatic rings. The maximum Gasteiger partial charge on any atom is 0.274 e. The lowest BCUT2D eigenvalue weighted by Gasteiger charge is -2.26. The molecule has 0 unspecified atom stereocenters. The highest BCUT2D eigenvalue weighted by molar-refractivity contribution is 5.92. The summed E-state index contributed by atoms with van der Waals surface area (Å²) in [5.41, 5.74) is 0.238. The first kappa shape index (κ1) is 20.0. The maximum atomic E-state index is 12.7. The van der Waals surface area contributed by atoms with Crippen molar-refractivity contribution in [3.8, 4) is 0 Å². The van der Waals surface area contributed by atoms with Crippen LogP contribution in [0.15, 0.2) is 41.4 Å². The third-order valence-electron chi connectivity index (χ3n) is 4.46. The van der Waals surface area contributed by atoms with Crippen LogP contribution in [0.2, 0.25) is 0 Å². The molecule has 0 spiro atoms. The predicted molar refractivity (Wildman–Crippen MR) is 100 cm³/mol. The van der Waals surface area contributed by atoms with Crippen molar-refractivity contribution in [3.05, 3.63) is 48.4 Å². The predicted octanol–water partition coefficient (Wildman–Crippen LogP) is 0.551. The van der Waals surface area contributed by atoms with Gasteiger partial charge in [-0.15, -0.1) is 0 Å². The average molecular weight is 387 g/mol. The Labute approximate surface area is 163 Å². The Morgan fingerprint density at radius 3 is 2.82 bits per heavy atom. The summed E-state index contributed by atoms with van der Waals surface area (Å²) < 4.78 is 10.7. The number of morpholine rings is 1. The molecule has 9 heteroatoms. The highest BCUT2D eigenvalue weighted by atomic mass is 16.5. The van der Waals surface area contributed by atoms with Gasteiger partial charge < -0.3 is 19.4 Å². The molecule has 1 aliphatic rings. The standard InChI is InChI=1S/C19H25N5O4/c25-18(22-6-8-23-9-12-27-13-10-23)3-7-24(15-16-2-1-11-28-16)19(26)17-14-20-4-5-21-17/h1-2,4-5,11,14H,3,6-10,12-13,15H2,(H,22,25). The summed E-state index contributed by atoms with van der Waals surface area (Å²) in [6.07, 6.45) is 6.15. The number of amides is 2. The molecule has 0 saturated carbocycles. The zero-order valence-corrected chi connectivity index (χ0v) is 15.7. The first-order valence-electron chi connectivity index (χ1n) is 9.37. The van der Waals surface area contributed by atoms with Crippen molar-refractivity contribution in [2.24, 2.45) is 0 Å². The van der Waals surface area contributed by atoms with Gasteiger partial charge in [-0.1, -0.05) is 0 Å². The van der Waals surface area contributed by atoms with Gasteiger partial charge in [0, 0.05) is 51.5 Å². The van der Waals surface area contributed by atoms with Gasteiger partial charge in [0.05, 0.1) is 32.2 Å². The Morgan fingerprint density at radius 2 is 2.11 bits per heavy atom. The molecular formula is C19H25N5O4. The van der Waals surface area contributed by atoms with Crippen LogP contribution in [-0.2, 0) is 16.1 Å². The van der Waals surface area contributed by atoms with Crippen molar-refractivity contribution in [3.63, 3.8) is 0 Å². The summed E-state index contributed by atoms with van der Waals surface area (Å²) in [5, 5.41) is 2.91. The van der Waals surface area contributed by atoms with Crippen molar-refractivity contribution in [1.29, 1.82) is 0 Å². The lowest BCUT2D eigenvalue weighted by Crippen LogP contribution is -2.42. The van der Waals surface area contributed by atoms with E-state index in [9.17, 15) is 9.59 Å². The van der Waals surface area contributed by atoms with Gasteiger partial charge in [-0.3, -0.25) is 19.5 Å². The maximum absolute atomic E-state index is 12.7. The topological polar surface area (TPSA) is 101 Å². The van der Waals surface area contributed by atoms with Crippen LogP contribution in [0, 0.1) is 0 Å². The van der Waals surface area contributed by atoms with Gasteiger partial charge in [0.1, 0.15) is 11.5 Å². The van der Waals surface area contributed by atoms with Crippen LogP contribution in [0.1, 0.15) is 22.7 Å². The lowest BCUT2D eigenvalue weighted by molar-refractivity contribution is -0.121. The van der Waals surface area contributed by atoms with E-state index in [0.29, 0.717) is 12.3 Å². The van der Waals surface area contributed by atoms with Crippen LogP contribution >= 0.6 is 0 Å². The summed E-state index contributed by atoms with van der Waals surface area (Å²) in [6.45, 7) is 5.15. The fourth-order valence-corrected chi connectivity index (χ4v) is 2.92. The molecule has 2 amide bonds. The number of carbonyl (C=O) groups excluding carboxylic acids is 2. The second-order valence-corrected chi connectivity index (χ2v) is 6.45. The van der Waals surface area contributed by atoms with E-state index in [1.165, 1.54) is 18.6 Å². The number of nitrogens with one attached hydrogen (secondary N) is 1. The molecule has 0 bridgehead atoms. The van der Waals surface area contributed by atoms with Gasteiger partial charge in [0.25, 0.3) is 5.91 Å². The Balaban J connectivity index is 1.49. The Kier molecular flexibility index (Phi) is 7.51. The molecule has 1 N–H and O–H groups in total. The molecule has 0 aliphatic carbocycles. The van der Waals surface area contributed by atoms with E-state index < -0.39 is 0 Å². The fourth-order valence-electron chi connectivity index (χ4n) is 2.92. The van der Waals surface area contributed by atoms with Crippen molar-refractivity contribution in [2.75, 3.05) is 45.9 Å². The van der Waals surface area contributed by atoms with Crippen molar-refractivity contribution >= 4 is 11.8 Å². The van der Waals surface area contributed by atoms with Gasteiger partial charge >= 0.3 is 0 Å².